The molecule has 0 aliphatic heterocycles. The minimum Gasteiger partial charge on any atom is -0.357 e. The van der Waals surface area contributed by atoms with Gasteiger partial charge in [-0.3, -0.25) is 10.1 Å². The fourth-order valence-electron chi connectivity index (χ4n) is 3.83. The molecule has 0 amide bonds. The highest BCUT2D eigenvalue weighted by Gasteiger charge is 2.14. The molecule has 35 heavy (non-hydrogen) atoms. The van der Waals surface area contributed by atoms with E-state index in [-0.39, 0.29) is 0 Å². The lowest BCUT2D eigenvalue weighted by atomic mass is 10.1. The number of nitrogens with zero attached hydrogens (tertiary/aromatic N) is 2. The molecule has 0 aliphatic rings. The summed E-state index contributed by atoms with van der Waals surface area (Å²) in [6.45, 7) is 15.9. The Morgan fingerprint density at radius 1 is 1.11 bits per heavy atom. The van der Waals surface area contributed by atoms with Crippen LogP contribution in [0.5, 0.6) is 0 Å². The van der Waals surface area contributed by atoms with E-state index in [4.69, 9.17) is 0 Å². The van der Waals surface area contributed by atoms with E-state index in [0.29, 0.717) is 0 Å². The maximum absolute atomic E-state index is 4.67. The number of nitrogens with one attached hydrogen (secondary N) is 3. The number of aromatic amines is 2. The van der Waals surface area contributed by atoms with Gasteiger partial charge in [0.15, 0.2) is 0 Å². The summed E-state index contributed by atoms with van der Waals surface area (Å²) in [6, 6.07) is 14.1. The molecule has 0 unspecified atom stereocenters. The molecule has 1 aromatic carbocycles. The van der Waals surface area contributed by atoms with Gasteiger partial charge in [-0.25, -0.2) is 0 Å². The van der Waals surface area contributed by atoms with E-state index in [1.54, 1.807) is 12.2 Å². The van der Waals surface area contributed by atoms with Gasteiger partial charge in [0.2, 0.25) is 0 Å². The number of pyridine rings is 1. The Kier molecular flexibility index (Phi) is 7.07. The van der Waals surface area contributed by atoms with Crippen molar-refractivity contribution in [3.8, 4) is 11.4 Å². The fraction of sp³-hybridized carbons (Fsp3) is 0.0667. The Hall–Kier alpha value is -4.64. The van der Waals surface area contributed by atoms with Crippen LogP contribution in [0.3, 0.4) is 0 Å². The Balaban J connectivity index is 1.67. The normalized spacial score (nSPS) is 12.3. The summed E-state index contributed by atoms with van der Waals surface area (Å²) >= 11 is 0. The van der Waals surface area contributed by atoms with Crippen LogP contribution in [0.4, 0.5) is 0 Å². The van der Waals surface area contributed by atoms with Gasteiger partial charge in [-0.2, -0.15) is 5.10 Å². The van der Waals surface area contributed by atoms with E-state index < -0.39 is 0 Å². The molecule has 5 nitrogen and oxygen atoms in total. The molecule has 0 radical (unpaired) electrons. The summed E-state index contributed by atoms with van der Waals surface area (Å²) in [5, 5.41) is 12.0. The SMILES string of the molecule is C=C/C=C\c1cc(-c2n[nH]c3cnc(C(/C=C(\C=C)NC(=C)c4ccccc4)=C/C)cc23)[nH]c1C. The first-order valence-corrected chi connectivity index (χ1v) is 11.4. The molecule has 0 spiro atoms. The predicted molar refractivity (Wildman–Crippen MR) is 148 cm³/mol. The third kappa shape index (κ3) is 5.14. The van der Waals surface area contributed by atoms with Crippen molar-refractivity contribution in [2.75, 3.05) is 0 Å². The highest BCUT2D eigenvalue weighted by atomic mass is 15.1. The molecule has 0 atom stereocenters. The summed E-state index contributed by atoms with van der Waals surface area (Å²) in [4.78, 5) is 8.11. The molecule has 4 rings (SSSR count). The first-order chi connectivity index (χ1) is 17.0. The van der Waals surface area contributed by atoms with Crippen molar-refractivity contribution >= 4 is 28.2 Å². The molecule has 0 saturated heterocycles. The first-order valence-electron chi connectivity index (χ1n) is 11.4. The second-order valence-electron chi connectivity index (χ2n) is 8.06. The van der Waals surface area contributed by atoms with Crippen molar-refractivity contribution in [3.63, 3.8) is 0 Å². The molecule has 3 N–H and O–H groups in total. The molecular weight excluding hydrogens is 430 g/mol. The number of hydrogen-bond acceptors (Lipinski definition) is 3. The van der Waals surface area contributed by atoms with Crippen LogP contribution in [0.2, 0.25) is 0 Å². The van der Waals surface area contributed by atoms with Crippen LogP contribution < -0.4 is 5.32 Å². The minimum atomic E-state index is 0.802. The quantitative estimate of drug-likeness (QED) is 0.232. The molecule has 3 heterocycles. The Morgan fingerprint density at radius 2 is 1.91 bits per heavy atom. The van der Waals surface area contributed by atoms with E-state index >= 15 is 0 Å². The number of benzene rings is 1. The first kappa shape index (κ1) is 23.5. The van der Waals surface area contributed by atoms with E-state index in [1.165, 1.54) is 0 Å². The van der Waals surface area contributed by atoms with Gasteiger partial charge in [-0.05, 0) is 54.8 Å². The fourth-order valence-corrected chi connectivity index (χ4v) is 3.83. The maximum Gasteiger partial charge on any atom is 0.116 e. The summed E-state index contributed by atoms with van der Waals surface area (Å²) in [6.07, 6.45) is 13.4. The average molecular weight is 460 g/mol. The molecule has 3 aromatic heterocycles. The Bertz CT molecular complexity index is 1480. The van der Waals surface area contributed by atoms with Crippen molar-refractivity contribution in [2.24, 2.45) is 0 Å². The topological polar surface area (TPSA) is 69.4 Å². The lowest BCUT2D eigenvalue weighted by molar-refractivity contribution is 1.11. The Morgan fingerprint density at radius 3 is 2.63 bits per heavy atom. The summed E-state index contributed by atoms with van der Waals surface area (Å²) in [5.41, 5.74) is 9.29. The van der Waals surface area contributed by atoms with Gasteiger partial charge in [0, 0.05) is 22.5 Å². The highest BCUT2D eigenvalue weighted by Crippen LogP contribution is 2.29. The van der Waals surface area contributed by atoms with Gasteiger partial charge in [-0.15, -0.1) is 0 Å². The molecule has 0 aliphatic carbocycles. The standard InChI is InChI=1S/C30H29N5/c1-6-9-13-24-17-28(33-21(24)5)30-26-18-27(31-19-29(26)34-35-30)22(7-2)16-25(8-3)32-20(4)23-14-11-10-12-15-23/h6-19,32-33H,1,3-4H2,2,5H3,(H,34,35)/b13-9-,22-7+,25-16+. The van der Waals surface area contributed by atoms with E-state index in [2.05, 4.69) is 57.4 Å². The largest absolute Gasteiger partial charge is 0.357 e. The average Bonchev–Trinajstić information content (AvgIpc) is 3.48. The van der Waals surface area contributed by atoms with Crippen LogP contribution in [-0.4, -0.2) is 20.2 Å². The molecule has 4 aromatic rings. The molecule has 0 bridgehead atoms. The number of rotatable bonds is 9. The van der Waals surface area contributed by atoms with Crippen LogP contribution in [0.25, 0.3) is 39.6 Å². The van der Waals surface area contributed by atoms with Gasteiger partial charge >= 0.3 is 0 Å². The van der Waals surface area contributed by atoms with E-state index in [0.717, 1.165) is 61.8 Å². The molecule has 5 heteroatoms. The zero-order valence-electron chi connectivity index (χ0n) is 20.1. The van der Waals surface area contributed by atoms with Gasteiger partial charge in [0.25, 0.3) is 0 Å². The number of aryl methyl sites for hydroxylation is 1. The number of allylic oxidation sites excluding steroid dienone is 6. The van der Waals surface area contributed by atoms with Crippen LogP contribution in [0.15, 0.2) is 104 Å². The van der Waals surface area contributed by atoms with E-state index in [9.17, 15) is 0 Å². The molecule has 0 saturated carbocycles. The van der Waals surface area contributed by atoms with Crippen LogP contribution in [-0.2, 0) is 0 Å². The van der Waals surface area contributed by atoms with Gasteiger partial charge in [0.1, 0.15) is 5.69 Å². The number of hydrogen-bond donors (Lipinski definition) is 3. The van der Waals surface area contributed by atoms with Gasteiger partial charge in [0.05, 0.1) is 23.1 Å². The maximum atomic E-state index is 4.67. The lowest BCUT2D eigenvalue weighted by Gasteiger charge is -2.12. The van der Waals surface area contributed by atoms with Crippen molar-refractivity contribution < 1.29 is 0 Å². The van der Waals surface area contributed by atoms with Crippen molar-refractivity contribution in [3.05, 3.63) is 127 Å². The number of fused-ring (bicyclic) bond motifs is 1. The number of H-pyrrole nitrogens is 2. The minimum absolute atomic E-state index is 0.802. The molecular formula is C30H29N5. The lowest BCUT2D eigenvalue weighted by Crippen LogP contribution is -2.09. The van der Waals surface area contributed by atoms with E-state index in [1.807, 2.05) is 74.7 Å². The molecule has 0 fully saturated rings. The third-order valence-corrected chi connectivity index (χ3v) is 5.72. The van der Waals surface area contributed by atoms with Crippen LogP contribution in [0, 0.1) is 6.92 Å². The highest BCUT2D eigenvalue weighted by molar-refractivity contribution is 5.94. The zero-order chi connectivity index (χ0) is 24.8. The van der Waals surface area contributed by atoms with Crippen molar-refractivity contribution in [1.82, 2.24) is 25.5 Å². The van der Waals surface area contributed by atoms with Crippen LogP contribution in [0.1, 0.15) is 29.4 Å². The van der Waals surface area contributed by atoms with Gasteiger partial charge < -0.3 is 10.3 Å². The smallest absolute Gasteiger partial charge is 0.116 e. The van der Waals surface area contributed by atoms with Crippen LogP contribution >= 0.6 is 0 Å². The van der Waals surface area contributed by atoms with Gasteiger partial charge in [-0.1, -0.05) is 74.4 Å². The summed E-state index contributed by atoms with van der Waals surface area (Å²) in [5.74, 6) is 0. The summed E-state index contributed by atoms with van der Waals surface area (Å²) < 4.78 is 0. The summed E-state index contributed by atoms with van der Waals surface area (Å²) in [7, 11) is 0. The zero-order valence-corrected chi connectivity index (χ0v) is 20.1. The predicted octanol–water partition coefficient (Wildman–Crippen LogP) is 7.19. The van der Waals surface area contributed by atoms with Crippen molar-refractivity contribution in [2.45, 2.75) is 13.8 Å². The number of aromatic nitrogens is 4. The monoisotopic (exact) mass is 459 g/mol. The third-order valence-electron chi connectivity index (χ3n) is 5.72. The second kappa shape index (κ2) is 10.5. The van der Waals surface area contributed by atoms with Crippen molar-refractivity contribution in [1.29, 1.82) is 0 Å². The molecule has 174 valence electrons. The Labute approximate surface area is 206 Å². The second-order valence-corrected chi connectivity index (χ2v) is 8.06.